The Balaban J connectivity index is 1.33. The van der Waals surface area contributed by atoms with E-state index in [1.54, 1.807) is 26.4 Å². The summed E-state index contributed by atoms with van der Waals surface area (Å²) in [5, 5.41) is 12.2. The van der Waals surface area contributed by atoms with Crippen molar-refractivity contribution >= 4 is 34.2 Å². The largest absolute Gasteiger partial charge is 0.507 e. The number of phenols is 1. The van der Waals surface area contributed by atoms with Gasteiger partial charge in [-0.1, -0.05) is 36.4 Å². The zero-order valence-electron chi connectivity index (χ0n) is 22.2. The molecule has 3 aromatic rings. The Kier molecular flexibility index (Phi) is 6.79. The van der Waals surface area contributed by atoms with Crippen LogP contribution in [0.15, 0.2) is 71.9 Å². The van der Waals surface area contributed by atoms with Gasteiger partial charge in [-0.25, -0.2) is 0 Å². The second kappa shape index (κ2) is 10.4. The summed E-state index contributed by atoms with van der Waals surface area (Å²) in [5.74, 6) is -0.702. The number of imide groups is 1. The summed E-state index contributed by atoms with van der Waals surface area (Å²) in [6.45, 7) is 0.870. The van der Waals surface area contributed by atoms with Crippen LogP contribution in [-0.4, -0.2) is 60.3 Å². The first-order valence-corrected chi connectivity index (χ1v) is 13.4. The van der Waals surface area contributed by atoms with E-state index in [1.165, 1.54) is 4.90 Å². The molecule has 2 amide bonds. The highest BCUT2D eigenvalue weighted by molar-refractivity contribution is 6.05. The maximum Gasteiger partial charge on any atom is 0.233 e. The predicted octanol–water partition coefficient (Wildman–Crippen LogP) is 4.85. The zero-order valence-corrected chi connectivity index (χ0v) is 22.2. The second-order valence-corrected chi connectivity index (χ2v) is 10.6. The fourth-order valence-electron chi connectivity index (χ4n) is 6.67. The van der Waals surface area contributed by atoms with Crippen LogP contribution in [0.1, 0.15) is 30.5 Å². The molecule has 200 valence electrons. The highest BCUT2D eigenvalue weighted by atomic mass is 16.5. The number of carbonyl (C=O) groups is 2. The zero-order chi connectivity index (χ0) is 27.1. The molecule has 0 unspecified atom stereocenters. The van der Waals surface area contributed by atoms with Crippen molar-refractivity contribution in [3.63, 3.8) is 0 Å². The van der Waals surface area contributed by atoms with Crippen molar-refractivity contribution in [2.75, 3.05) is 27.4 Å². The van der Waals surface area contributed by atoms with Crippen LogP contribution < -0.4 is 0 Å². The van der Waals surface area contributed by atoms with Crippen molar-refractivity contribution in [3.8, 4) is 5.75 Å². The first-order chi connectivity index (χ1) is 19.0. The number of amides is 2. The smallest absolute Gasteiger partial charge is 0.233 e. The summed E-state index contributed by atoms with van der Waals surface area (Å²) in [7, 11) is 3.25. The number of ether oxygens (including phenoxy) is 2. The highest BCUT2D eigenvalue weighted by Gasteiger charge is 2.56. The molecule has 1 aromatic heterocycles. The van der Waals surface area contributed by atoms with Gasteiger partial charge in [0, 0.05) is 31.7 Å². The minimum absolute atomic E-state index is 0.0939. The van der Waals surface area contributed by atoms with Crippen LogP contribution in [-0.2, 0) is 19.1 Å². The second-order valence-electron chi connectivity index (χ2n) is 10.6. The van der Waals surface area contributed by atoms with Gasteiger partial charge < -0.3 is 14.6 Å². The van der Waals surface area contributed by atoms with Crippen LogP contribution in [0.2, 0.25) is 0 Å². The van der Waals surface area contributed by atoms with Gasteiger partial charge in [-0.05, 0) is 71.2 Å². The average Bonchev–Trinajstić information content (AvgIpc) is 3.48. The monoisotopic (exact) mass is 524 g/mol. The third kappa shape index (κ3) is 4.45. The molecule has 7 heteroatoms. The van der Waals surface area contributed by atoms with Crippen LogP contribution in [0.25, 0.3) is 22.4 Å². The molecule has 3 aliphatic rings. The third-order valence-corrected chi connectivity index (χ3v) is 8.48. The van der Waals surface area contributed by atoms with E-state index in [-0.39, 0.29) is 41.4 Å². The van der Waals surface area contributed by atoms with Gasteiger partial charge in [0.25, 0.3) is 0 Å². The van der Waals surface area contributed by atoms with E-state index in [4.69, 9.17) is 9.47 Å². The number of aromatic nitrogens is 1. The molecular formula is C32H32N2O5. The van der Waals surface area contributed by atoms with Gasteiger partial charge in [-0.3, -0.25) is 19.5 Å². The number of phenolic OH excluding ortho intramolecular Hbond substituents is 1. The van der Waals surface area contributed by atoms with Crippen molar-refractivity contribution in [1.29, 1.82) is 0 Å². The molecule has 7 nitrogen and oxygen atoms in total. The SMILES string of the molecule is COCC1=C2[C@@H](CC/C(=C/c3ccc(O)c4ccccc34)c3ccccn3)OC[C@@H]2[C@@H]2C(=O)N(C)C(=O)[C@@H]2C1. The topological polar surface area (TPSA) is 89.0 Å². The maximum atomic E-state index is 13.0. The van der Waals surface area contributed by atoms with Crippen molar-refractivity contribution in [2.24, 2.45) is 17.8 Å². The van der Waals surface area contributed by atoms with Gasteiger partial charge in [-0.15, -0.1) is 0 Å². The molecule has 6 rings (SSSR count). The van der Waals surface area contributed by atoms with E-state index in [0.29, 0.717) is 32.5 Å². The number of allylic oxidation sites excluding steroid dienone is 1. The Labute approximate surface area is 227 Å². The number of aromatic hydroxyl groups is 1. The number of benzene rings is 2. The van der Waals surface area contributed by atoms with E-state index in [1.807, 2.05) is 48.5 Å². The Hall–Kier alpha value is -3.81. The standard InChI is InChI=1S/C32H32N2O5/c1-34-31(36)24-16-21(17-38-2)29-25(30(24)32(34)37)18-39-28(29)13-11-20(26-9-5-6-14-33-26)15-19-10-12-27(35)23-8-4-3-7-22(19)23/h3-10,12,14-15,24-25,28,30,35H,11,13,16-18H2,1-2H3/b20-15-/t24-,25+,28-,30-/m1/s1. The van der Waals surface area contributed by atoms with Crippen molar-refractivity contribution in [3.05, 3.63) is 83.2 Å². The van der Waals surface area contributed by atoms with E-state index >= 15 is 0 Å². The van der Waals surface area contributed by atoms with Gasteiger partial charge >= 0.3 is 0 Å². The Morgan fingerprint density at radius 1 is 1.08 bits per heavy atom. The molecule has 2 fully saturated rings. The number of hydrogen-bond acceptors (Lipinski definition) is 6. The number of nitrogens with zero attached hydrogens (tertiary/aromatic N) is 2. The molecule has 2 aliphatic heterocycles. The van der Waals surface area contributed by atoms with Gasteiger partial charge in [-0.2, -0.15) is 0 Å². The number of hydrogen-bond donors (Lipinski definition) is 1. The number of pyridine rings is 1. The molecule has 1 aliphatic carbocycles. The molecule has 2 saturated heterocycles. The lowest BCUT2D eigenvalue weighted by Gasteiger charge is -2.31. The number of carbonyl (C=O) groups excluding carboxylic acids is 2. The molecule has 0 bridgehead atoms. The summed E-state index contributed by atoms with van der Waals surface area (Å²) >= 11 is 0. The molecular weight excluding hydrogens is 492 g/mol. The predicted molar refractivity (Wildman–Crippen MR) is 148 cm³/mol. The third-order valence-electron chi connectivity index (χ3n) is 8.48. The number of methoxy groups -OCH3 is 1. The van der Waals surface area contributed by atoms with Crippen LogP contribution in [0, 0.1) is 17.8 Å². The molecule has 39 heavy (non-hydrogen) atoms. The number of fused-ring (bicyclic) bond motifs is 4. The van der Waals surface area contributed by atoms with Gasteiger partial charge in [0.05, 0.1) is 36.8 Å². The first-order valence-electron chi connectivity index (χ1n) is 13.4. The van der Waals surface area contributed by atoms with Crippen molar-refractivity contribution in [2.45, 2.75) is 25.4 Å². The molecule has 0 radical (unpaired) electrons. The Bertz CT molecular complexity index is 1490. The Morgan fingerprint density at radius 2 is 1.87 bits per heavy atom. The molecule has 1 N–H and O–H groups in total. The van der Waals surface area contributed by atoms with Crippen LogP contribution in [0.5, 0.6) is 5.75 Å². The number of likely N-dealkylation sites (tertiary alicyclic amines) is 1. The molecule has 3 heterocycles. The number of rotatable bonds is 7. The molecule has 4 atom stereocenters. The minimum atomic E-state index is -0.350. The lowest BCUT2D eigenvalue weighted by molar-refractivity contribution is -0.138. The molecule has 0 saturated carbocycles. The fourth-order valence-corrected chi connectivity index (χ4v) is 6.67. The summed E-state index contributed by atoms with van der Waals surface area (Å²) in [5.41, 5.74) is 5.19. The quantitative estimate of drug-likeness (QED) is 0.351. The highest BCUT2D eigenvalue weighted by Crippen LogP contribution is 2.49. The van der Waals surface area contributed by atoms with Crippen LogP contribution in [0.3, 0.4) is 0 Å². The summed E-state index contributed by atoms with van der Waals surface area (Å²) in [6.07, 6.45) is 5.74. The van der Waals surface area contributed by atoms with E-state index in [0.717, 1.165) is 38.7 Å². The van der Waals surface area contributed by atoms with E-state index < -0.39 is 0 Å². The van der Waals surface area contributed by atoms with Crippen LogP contribution in [0.4, 0.5) is 0 Å². The minimum Gasteiger partial charge on any atom is -0.507 e. The van der Waals surface area contributed by atoms with E-state index in [9.17, 15) is 14.7 Å². The average molecular weight is 525 g/mol. The first kappa shape index (κ1) is 25.5. The lowest BCUT2D eigenvalue weighted by atomic mass is 9.69. The molecule has 0 spiro atoms. The van der Waals surface area contributed by atoms with Crippen molar-refractivity contribution < 1.29 is 24.2 Å². The normalized spacial score (nSPS) is 25.0. The fraction of sp³-hybridized carbons (Fsp3) is 0.344. The lowest BCUT2D eigenvalue weighted by Crippen LogP contribution is -2.34. The van der Waals surface area contributed by atoms with Gasteiger partial charge in [0.2, 0.25) is 11.8 Å². The van der Waals surface area contributed by atoms with Gasteiger partial charge in [0.1, 0.15) is 5.75 Å². The molecule has 2 aromatic carbocycles. The Morgan fingerprint density at radius 3 is 2.64 bits per heavy atom. The summed E-state index contributed by atoms with van der Waals surface area (Å²) in [4.78, 5) is 31.7. The maximum absolute atomic E-state index is 13.0. The van der Waals surface area contributed by atoms with Crippen LogP contribution >= 0.6 is 0 Å². The van der Waals surface area contributed by atoms with Gasteiger partial charge in [0.15, 0.2) is 0 Å². The summed E-state index contributed by atoms with van der Waals surface area (Å²) in [6, 6.07) is 17.4. The summed E-state index contributed by atoms with van der Waals surface area (Å²) < 4.78 is 11.9. The van der Waals surface area contributed by atoms with Crippen molar-refractivity contribution in [1.82, 2.24) is 9.88 Å². The van der Waals surface area contributed by atoms with E-state index in [2.05, 4.69) is 11.1 Å².